The van der Waals surface area contributed by atoms with Gasteiger partial charge in [-0.25, -0.2) is 14.5 Å². The Morgan fingerprint density at radius 3 is 2.44 bits per heavy atom. The predicted molar refractivity (Wildman–Crippen MR) is 134 cm³/mol. The molecule has 0 atom stereocenters. The van der Waals surface area contributed by atoms with E-state index in [1.807, 2.05) is 48.5 Å². The van der Waals surface area contributed by atoms with Gasteiger partial charge in [-0.15, -0.1) is 0 Å². The van der Waals surface area contributed by atoms with E-state index in [9.17, 15) is 4.79 Å². The molecule has 5 rings (SSSR count). The lowest BCUT2D eigenvalue weighted by Crippen LogP contribution is -2.40. The van der Waals surface area contributed by atoms with Gasteiger partial charge in [-0.05, 0) is 30.3 Å². The molecule has 9 heteroatoms. The molecule has 1 amide bonds. The summed E-state index contributed by atoms with van der Waals surface area (Å²) in [6.07, 6.45) is 3.39. The van der Waals surface area contributed by atoms with E-state index in [-0.39, 0.29) is 11.6 Å². The Hall–Kier alpha value is -3.94. The quantitative estimate of drug-likeness (QED) is 0.328. The minimum Gasteiger partial charge on any atom is -0.271 e. The summed E-state index contributed by atoms with van der Waals surface area (Å²) < 4.78 is 1.65. The van der Waals surface area contributed by atoms with Gasteiger partial charge in [0.1, 0.15) is 5.82 Å². The van der Waals surface area contributed by atoms with Gasteiger partial charge in [-0.3, -0.25) is 15.2 Å². The van der Waals surface area contributed by atoms with Gasteiger partial charge < -0.3 is 0 Å². The molecule has 7 nitrogen and oxygen atoms in total. The molecule has 0 bridgehead atoms. The van der Waals surface area contributed by atoms with E-state index in [2.05, 4.69) is 20.5 Å². The van der Waals surface area contributed by atoms with Crippen LogP contribution in [0.1, 0.15) is 10.5 Å². The predicted octanol–water partition coefficient (Wildman–Crippen LogP) is 5.55. The van der Waals surface area contributed by atoms with Crippen LogP contribution in [-0.2, 0) is 0 Å². The summed E-state index contributed by atoms with van der Waals surface area (Å²) >= 11 is 12.6. The van der Waals surface area contributed by atoms with Gasteiger partial charge in [0.15, 0.2) is 11.3 Å². The standard InChI is InChI=1S/C25H18Cl2N6O/c1-32(22-8-4-5-13-28-22)31-25(34)21-14-23-29-15-19(18-6-2-3-7-20(18)27)24(33(23)30-21)16-9-11-17(26)12-10-16/h2-15H,1H3,(H,31,34). The van der Waals surface area contributed by atoms with E-state index in [0.717, 1.165) is 22.4 Å². The first-order valence-electron chi connectivity index (χ1n) is 10.4. The summed E-state index contributed by atoms with van der Waals surface area (Å²) in [6, 6.07) is 22.0. The molecule has 1 N–H and O–H groups in total. The highest BCUT2D eigenvalue weighted by Gasteiger charge is 2.20. The van der Waals surface area contributed by atoms with E-state index in [4.69, 9.17) is 23.2 Å². The number of rotatable bonds is 5. The van der Waals surface area contributed by atoms with Gasteiger partial charge in [-0.2, -0.15) is 5.10 Å². The van der Waals surface area contributed by atoms with Crippen molar-refractivity contribution in [3.8, 4) is 22.4 Å². The zero-order chi connectivity index (χ0) is 23.7. The molecule has 0 aliphatic rings. The van der Waals surface area contributed by atoms with Gasteiger partial charge >= 0.3 is 0 Å². The molecule has 34 heavy (non-hydrogen) atoms. The Kier molecular flexibility index (Phi) is 5.88. The second-order valence-corrected chi connectivity index (χ2v) is 8.34. The fourth-order valence-electron chi connectivity index (χ4n) is 3.63. The Balaban J connectivity index is 1.61. The number of carbonyl (C=O) groups is 1. The summed E-state index contributed by atoms with van der Waals surface area (Å²) in [5, 5.41) is 7.33. The minimum absolute atomic E-state index is 0.210. The Morgan fingerprint density at radius 1 is 0.941 bits per heavy atom. The van der Waals surface area contributed by atoms with Gasteiger partial charge in [0.2, 0.25) is 0 Å². The number of halogens is 2. The molecule has 0 spiro atoms. The van der Waals surface area contributed by atoms with Crippen molar-refractivity contribution in [3.05, 3.63) is 101 Å². The maximum Gasteiger partial charge on any atom is 0.290 e. The van der Waals surface area contributed by atoms with Crippen molar-refractivity contribution < 1.29 is 4.79 Å². The summed E-state index contributed by atoms with van der Waals surface area (Å²) in [7, 11) is 1.71. The van der Waals surface area contributed by atoms with Crippen LogP contribution in [0.2, 0.25) is 10.0 Å². The van der Waals surface area contributed by atoms with Crippen molar-refractivity contribution in [1.82, 2.24) is 25.0 Å². The number of hydrogen-bond acceptors (Lipinski definition) is 5. The number of hydrogen-bond donors (Lipinski definition) is 1. The summed E-state index contributed by atoms with van der Waals surface area (Å²) in [6.45, 7) is 0. The fraction of sp³-hybridized carbons (Fsp3) is 0.0400. The number of carbonyl (C=O) groups excluding carboxylic acids is 1. The number of nitrogens with zero attached hydrogens (tertiary/aromatic N) is 5. The normalized spacial score (nSPS) is 10.9. The Labute approximate surface area is 205 Å². The van der Waals surface area contributed by atoms with Crippen LogP contribution in [0.25, 0.3) is 28.0 Å². The lowest BCUT2D eigenvalue weighted by molar-refractivity contribution is 0.0946. The van der Waals surface area contributed by atoms with E-state index >= 15 is 0 Å². The lowest BCUT2D eigenvalue weighted by atomic mass is 10.0. The second kappa shape index (κ2) is 9.13. The number of fused-ring (bicyclic) bond motifs is 1. The smallest absolute Gasteiger partial charge is 0.271 e. The molecule has 0 aliphatic carbocycles. The van der Waals surface area contributed by atoms with Gasteiger partial charge in [0.25, 0.3) is 5.91 Å². The van der Waals surface area contributed by atoms with E-state index < -0.39 is 0 Å². The highest BCUT2D eigenvalue weighted by molar-refractivity contribution is 6.33. The topological polar surface area (TPSA) is 75.4 Å². The van der Waals surface area contributed by atoms with E-state index in [0.29, 0.717) is 21.5 Å². The zero-order valence-electron chi connectivity index (χ0n) is 18.0. The third-order valence-electron chi connectivity index (χ3n) is 5.26. The van der Waals surface area contributed by atoms with Crippen LogP contribution in [0.4, 0.5) is 5.82 Å². The average molecular weight is 489 g/mol. The first kappa shape index (κ1) is 21.9. The van der Waals surface area contributed by atoms with Gasteiger partial charge in [0.05, 0.1) is 5.69 Å². The van der Waals surface area contributed by atoms with Crippen molar-refractivity contribution >= 4 is 40.6 Å². The Morgan fingerprint density at radius 2 is 1.71 bits per heavy atom. The van der Waals surface area contributed by atoms with Crippen LogP contribution in [0, 0.1) is 0 Å². The molecular formula is C25H18Cl2N6O. The molecule has 0 aliphatic heterocycles. The Bertz CT molecular complexity index is 1490. The molecule has 3 heterocycles. The van der Waals surface area contributed by atoms with Crippen LogP contribution in [-0.4, -0.2) is 32.5 Å². The number of benzene rings is 2. The van der Waals surface area contributed by atoms with Crippen LogP contribution in [0.15, 0.2) is 85.2 Å². The molecule has 0 radical (unpaired) electrons. The average Bonchev–Trinajstić information content (AvgIpc) is 3.30. The lowest BCUT2D eigenvalue weighted by Gasteiger charge is -2.18. The van der Waals surface area contributed by atoms with Crippen molar-refractivity contribution in [2.75, 3.05) is 12.1 Å². The molecule has 0 unspecified atom stereocenters. The summed E-state index contributed by atoms with van der Waals surface area (Å²) in [4.78, 5) is 21.8. The maximum absolute atomic E-state index is 13.0. The highest BCUT2D eigenvalue weighted by Crippen LogP contribution is 2.36. The SMILES string of the molecule is CN(NC(=O)c1cc2ncc(-c3ccccc3Cl)c(-c3ccc(Cl)cc3)n2n1)c1ccccn1. The number of nitrogens with one attached hydrogen (secondary N) is 1. The molecule has 0 saturated carbocycles. The summed E-state index contributed by atoms with van der Waals surface area (Å²) in [5.74, 6) is 0.209. The van der Waals surface area contributed by atoms with Crippen molar-refractivity contribution in [3.63, 3.8) is 0 Å². The van der Waals surface area contributed by atoms with Crippen molar-refractivity contribution in [2.24, 2.45) is 0 Å². The number of hydrazine groups is 1. The van der Waals surface area contributed by atoms with Gasteiger partial charge in [0, 0.05) is 52.2 Å². The minimum atomic E-state index is -0.389. The monoisotopic (exact) mass is 488 g/mol. The fourth-order valence-corrected chi connectivity index (χ4v) is 3.99. The molecule has 5 aromatic rings. The maximum atomic E-state index is 13.0. The van der Waals surface area contributed by atoms with Crippen LogP contribution in [0.5, 0.6) is 0 Å². The van der Waals surface area contributed by atoms with Crippen molar-refractivity contribution in [1.29, 1.82) is 0 Å². The second-order valence-electron chi connectivity index (χ2n) is 7.49. The molecule has 3 aromatic heterocycles. The van der Waals surface area contributed by atoms with E-state index in [1.54, 1.807) is 48.2 Å². The molecule has 0 fully saturated rings. The summed E-state index contributed by atoms with van der Waals surface area (Å²) in [5.41, 5.74) is 6.70. The largest absolute Gasteiger partial charge is 0.290 e. The van der Waals surface area contributed by atoms with Crippen LogP contribution in [0.3, 0.4) is 0 Å². The third-order valence-corrected chi connectivity index (χ3v) is 5.84. The molecule has 168 valence electrons. The number of aromatic nitrogens is 4. The number of anilines is 1. The van der Waals surface area contributed by atoms with E-state index in [1.165, 1.54) is 5.01 Å². The van der Waals surface area contributed by atoms with Gasteiger partial charge in [-0.1, -0.05) is 59.6 Å². The zero-order valence-corrected chi connectivity index (χ0v) is 19.5. The van der Waals surface area contributed by atoms with Crippen molar-refractivity contribution in [2.45, 2.75) is 0 Å². The third kappa shape index (κ3) is 4.19. The first-order valence-corrected chi connectivity index (χ1v) is 11.1. The molecule has 0 saturated heterocycles. The first-order chi connectivity index (χ1) is 16.5. The number of pyridine rings is 1. The van der Waals surface area contributed by atoms with Crippen LogP contribution < -0.4 is 10.4 Å². The number of amides is 1. The van der Waals surface area contributed by atoms with Crippen LogP contribution >= 0.6 is 23.2 Å². The molecular weight excluding hydrogens is 471 g/mol. The highest BCUT2D eigenvalue weighted by atomic mass is 35.5. The molecule has 2 aromatic carbocycles.